The lowest BCUT2D eigenvalue weighted by Gasteiger charge is -2.31. The number of aryl methyl sites for hydroxylation is 1. The Morgan fingerprint density at radius 1 is 1.14 bits per heavy atom. The maximum absolute atomic E-state index is 12.9. The molecule has 5 rings (SSSR count). The van der Waals surface area contributed by atoms with Crippen molar-refractivity contribution in [2.75, 3.05) is 23.3 Å². The number of hydrogen-bond acceptors (Lipinski definition) is 7. The molecule has 1 fully saturated rings. The average molecular weight is 388 g/mol. The summed E-state index contributed by atoms with van der Waals surface area (Å²) in [5, 5.41) is 19.8. The fourth-order valence-electron chi connectivity index (χ4n) is 3.84. The van der Waals surface area contributed by atoms with Crippen LogP contribution in [0.5, 0.6) is 0 Å². The van der Waals surface area contributed by atoms with Crippen LogP contribution in [0.4, 0.5) is 11.5 Å². The summed E-state index contributed by atoms with van der Waals surface area (Å²) in [4.78, 5) is 19.5. The first-order chi connectivity index (χ1) is 14.2. The molecule has 1 aromatic carbocycles. The van der Waals surface area contributed by atoms with Crippen molar-refractivity contribution in [3.63, 3.8) is 0 Å². The van der Waals surface area contributed by atoms with E-state index in [0.717, 1.165) is 53.9 Å². The standard InChI is InChI=1S/C20H20N8O/c1-13-4-5-16(15-3-2-10-21-19(13)15)22-20(29)14-8-11-27(12-9-14)18-7-6-17-23-25-26-28(17)24-18/h2-7,10,14H,8-9,11-12H2,1H3,(H,22,29). The van der Waals surface area contributed by atoms with Gasteiger partial charge in [-0.3, -0.25) is 9.78 Å². The molecule has 1 amide bonds. The number of carbonyl (C=O) groups is 1. The van der Waals surface area contributed by atoms with Crippen LogP contribution in [0.25, 0.3) is 16.6 Å². The van der Waals surface area contributed by atoms with E-state index < -0.39 is 0 Å². The van der Waals surface area contributed by atoms with Crippen LogP contribution in [-0.4, -0.2) is 49.2 Å². The van der Waals surface area contributed by atoms with Gasteiger partial charge >= 0.3 is 0 Å². The van der Waals surface area contributed by atoms with Gasteiger partial charge < -0.3 is 10.2 Å². The third kappa shape index (κ3) is 3.24. The molecule has 9 heteroatoms. The number of pyridine rings is 1. The summed E-state index contributed by atoms with van der Waals surface area (Å²) in [5.41, 5.74) is 3.45. The maximum atomic E-state index is 12.9. The summed E-state index contributed by atoms with van der Waals surface area (Å²) in [7, 11) is 0. The number of hydrogen-bond donors (Lipinski definition) is 1. The van der Waals surface area contributed by atoms with E-state index >= 15 is 0 Å². The van der Waals surface area contributed by atoms with E-state index in [-0.39, 0.29) is 11.8 Å². The lowest BCUT2D eigenvalue weighted by molar-refractivity contribution is -0.120. The lowest BCUT2D eigenvalue weighted by atomic mass is 9.95. The number of aromatic nitrogens is 6. The first-order valence-electron chi connectivity index (χ1n) is 9.64. The topological polar surface area (TPSA) is 101 Å². The van der Waals surface area contributed by atoms with Crippen LogP contribution in [0.1, 0.15) is 18.4 Å². The van der Waals surface area contributed by atoms with Gasteiger partial charge in [-0.2, -0.15) is 0 Å². The second-order valence-electron chi connectivity index (χ2n) is 7.30. The van der Waals surface area contributed by atoms with E-state index in [1.165, 1.54) is 4.63 Å². The number of rotatable bonds is 3. The van der Waals surface area contributed by atoms with Crippen molar-refractivity contribution in [2.45, 2.75) is 19.8 Å². The Hall–Kier alpha value is -3.62. The van der Waals surface area contributed by atoms with Gasteiger partial charge in [-0.1, -0.05) is 6.07 Å². The monoisotopic (exact) mass is 388 g/mol. The zero-order valence-electron chi connectivity index (χ0n) is 16.0. The molecular weight excluding hydrogens is 368 g/mol. The van der Waals surface area contributed by atoms with Crippen LogP contribution in [0.15, 0.2) is 42.6 Å². The number of fused-ring (bicyclic) bond motifs is 2. The number of amides is 1. The van der Waals surface area contributed by atoms with Crippen LogP contribution in [0.3, 0.4) is 0 Å². The molecular formula is C20H20N8O. The first-order valence-corrected chi connectivity index (χ1v) is 9.64. The van der Waals surface area contributed by atoms with E-state index in [9.17, 15) is 4.79 Å². The van der Waals surface area contributed by atoms with Crippen molar-refractivity contribution in [1.82, 2.24) is 30.2 Å². The van der Waals surface area contributed by atoms with Crippen molar-refractivity contribution in [2.24, 2.45) is 5.92 Å². The molecule has 1 aliphatic rings. The van der Waals surface area contributed by atoms with E-state index in [0.29, 0.717) is 5.65 Å². The normalized spacial score (nSPS) is 15.1. The van der Waals surface area contributed by atoms with Crippen LogP contribution < -0.4 is 10.2 Å². The minimum Gasteiger partial charge on any atom is -0.355 e. The van der Waals surface area contributed by atoms with Gasteiger partial charge in [0, 0.05) is 30.6 Å². The number of tetrazole rings is 1. The fraction of sp³-hybridized carbons (Fsp3) is 0.300. The van der Waals surface area contributed by atoms with Gasteiger partial charge in [-0.15, -0.1) is 14.8 Å². The van der Waals surface area contributed by atoms with Gasteiger partial charge in [-0.05, 0) is 66.1 Å². The highest BCUT2D eigenvalue weighted by Crippen LogP contribution is 2.27. The van der Waals surface area contributed by atoms with Crippen molar-refractivity contribution in [3.05, 3.63) is 48.2 Å². The third-order valence-corrected chi connectivity index (χ3v) is 5.47. The SMILES string of the molecule is Cc1ccc(NC(=O)C2CCN(c3ccc4nnnn4n3)CC2)c2cccnc12. The molecule has 1 N–H and O–H groups in total. The van der Waals surface area contributed by atoms with Gasteiger partial charge in [0.2, 0.25) is 5.91 Å². The Kier molecular flexibility index (Phi) is 4.27. The number of piperidine rings is 1. The largest absolute Gasteiger partial charge is 0.355 e. The molecule has 0 unspecified atom stereocenters. The highest BCUT2D eigenvalue weighted by atomic mass is 16.1. The van der Waals surface area contributed by atoms with Crippen molar-refractivity contribution in [1.29, 1.82) is 0 Å². The minimum absolute atomic E-state index is 0.0314. The predicted octanol–water partition coefficient (Wildman–Crippen LogP) is 2.23. The Morgan fingerprint density at radius 3 is 2.86 bits per heavy atom. The average Bonchev–Trinajstić information content (AvgIpc) is 3.24. The predicted molar refractivity (Wildman–Crippen MR) is 109 cm³/mol. The molecule has 4 aromatic rings. The fourth-order valence-corrected chi connectivity index (χ4v) is 3.84. The smallest absolute Gasteiger partial charge is 0.227 e. The van der Waals surface area contributed by atoms with Crippen LogP contribution in [0, 0.1) is 12.8 Å². The number of carbonyl (C=O) groups excluding carboxylic acids is 1. The molecule has 0 atom stereocenters. The molecule has 0 aliphatic carbocycles. The van der Waals surface area contributed by atoms with Crippen molar-refractivity contribution < 1.29 is 4.79 Å². The number of benzene rings is 1. The van der Waals surface area contributed by atoms with Crippen LogP contribution in [-0.2, 0) is 4.79 Å². The molecule has 29 heavy (non-hydrogen) atoms. The van der Waals surface area contributed by atoms with Crippen molar-refractivity contribution >= 4 is 34.0 Å². The number of anilines is 2. The zero-order chi connectivity index (χ0) is 19.8. The van der Waals surface area contributed by atoms with Crippen molar-refractivity contribution in [3.8, 4) is 0 Å². The molecule has 0 saturated carbocycles. The summed E-state index contributed by atoms with van der Waals surface area (Å²) in [6.07, 6.45) is 3.31. The lowest BCUT2D eigenvalue weighted by Crippen LogP contribution is -2.38. The van der Waals surface area contributed by atoms with Gasteiger partial charge in [0.1, 0.15) is 0 Å². The Labute approximate surface area is 166 Å². The van der Waals surface area contributed by atoms with Crippen LogP contribution in [0.2, 0.25) is 0 Å². The Bertz CT molecular complexity index is 1200. The molecule has 1 aliphatic heterocycles. The summed E-state index contributed by atoms with van der Waals surface area (Å²) < 4.78 is 1.42. The molecule has 9 nitrogen and oxygen atoms in total. The van der Waals surface area contributed by atoms with Crippen LogP contribution >= 0.6 is 0 Å². The summed E-state index contributed by atoms with van der Waals surface area (Å²) in [5.74, 6) is 0.845. The van der Waals surface area contributed by atoms with E-state index in [1.54, 1.807) is 6.20 Å². The Morgan fingerprint density at radius 2 is 2.00 bits per heavy atom. The molecule has 0 spiro atoms. The molecule has 3 aromatic heterocycles. The van der Waals surface area contributed by atoms with Gasteiger partial charge in [0.15, 0.2) is 11.5 Å². The second kappa shape index (κ2) is 7.08. The molecule has 0 radical (unpaired) electrons. The number of nitrogens with one attached hydrogen (secondary N) is 1. The molecule has 0 bridgehead atoms. The van der Waals surface area contributed by atoms with Gasteiger partial charge in [0.25, 0.3) is 0 Å². The van der Waals surface area contributed by atoms with Gasteiger partial charge in [0.05, 0.1) is 11.2 Å². The molecule has 146 valence electrons. The quantitative estimate of drug-likeness (QED) is 0.574. The third-order valence-electron chi connectivity index (χ3n) is 5.47. The van der Waals surface area contributed by atoms with Gasteiger partial charge in [-0.25, -0.2) is 0 Å². The van der Waals surface area contributed by atoms with E-state index in [1.807, 2.05) is 43.3 Å². The molecule has 1 saturated heterocycles. The second-order valence-corrected chi connectivity index (χ2v) is 7.30. The maximum Gasteiger partial charge on any atom is 0.227 e. The summed E-state index contributed by atoms with van der Waals surface area (Å²) >= 11 is 0. The highest BCUT2D eigenvalue weighted by molar-refractivity contribution is 6.02. The summed E-state index contributed by atoms with van der Waals surface area (Å²) in [6, 6.07) is 11.6. The van der Waals surface area contributed by atoms with E-state index in [4.69, 9.17) is 0 Å². The highest BCUT2D eigenvalue weighted by Gasteiger charge is 2.26. The zero-order valence-corrected chi connectivity index (χ0v) is 16.0. The van der Waals surface area contributed by atoms with E-state index in [2.05, 4.69) is 35.8 Å². The summed E-state index contributed by atoms with van der Waals surface area (Å²) in [6.45, 7) is 3.54. The Balaban J connectivity index is 1.27. The molecule has 4 heterocycles. The first kappa shape index (κ1) is 17.5. The minimum atomic E-state index is -0.0314. The number of nitrogens with zero attached hydrogens (tertiary/aromatic N) is 7.